The maximum absolute atomic E-state index is 12.0. The van der Waals surface area contributed by atoms with E-state index < -0.39 is 0 Å². The number of ketones is 1. The zero-order valence-electron chi connectivity index (χ0n) is 12.8. The summed E-state index contributed by atoms with van der Waals surface area (Å²) >= 11 is 1.20. The van der Waals surface area contributed by atoms with E-state index in [4.69, 9.17) is 4.74 Å². The molecule has 0 atom stereocenters. The van der Waals surface area contributed by atoms with Gasteiger partial charge in [0.1, 0.15) is 0 Å². The fourth-order valence-electron chi connectivity index (χ4n) is 1.75. The smallest absolute Gasteiger partial charge is 0.261 e. The normalized spacial score (nSPS) is 10.5. The molecule has 0 aromatic carbocycles. The number of nitrogens with zero attached hydrogens (tertiary/aromatic N) is 1. The molecule has 6 heteroatoms. The lowest BCUT2D eigenvalue weighted by Gasteiger charge is -2.09. The fraction of sp³-hybridized carbons (Fsp3) is 0.312. The quantitative estimate of drug-likeness (QED) is 0.831. The first kappa shape index (κ1) is 16.2. The van der Waals surface area contributed by atoms with Gasteiger partial charge in [-0.25, -0.2) is 4.98 Å². The first-order valence-corrected chi connectivity index (χ1v) is 7.78. The fourth-order valence-corrected chi connectivity index (χ4v) is 2.56. The van der Waals surface area contributed by atoms with Crippen molar-refractivity contribution in [2.24, 2.45) is 0 Å². The molecule has 22 heavy (non-hydrogen) atoms. The number of hydrogen-bond acceptors (Lipinski definition) is 5. The van der Waals surface area contributed by atoms with Crippen molar-refractivity contribution in [2.45, 2.75) is 33.4 Å². The summed E-state index contributed by atoms with van der Waals surface area (Å²) in [5, 5.41) is 2.81. The highest BCUT2D eigenvalue weighted by Crippen LogP contribution is 2.17. The van der Waals surface area contributed by atoms with Crippen LogP contribution in [0.25, 0.3) is 0 Å². The van der Waals surface area contributed by atoms with Crippen molar-refractivity contribution in [3.8, 4) is 5.88 Å². The van der Waals surface area contributed by atoms with Gasteiger partial charge < -0.3 is 10.1 Å². The number of ether oxygens (including phenoxy) is 1. The van der Waals surface area contributed by atoms with Crippen molar-refractivity contribution >= 4 is 23.0 Å². The molecule has 0 radical (unpaired) electrons. The predicted octanol–water partition coefficient (Wildman–Crippen LogP) is 3.06. The Morgan fingerprint density at radius 2 is 1.95 bits per heavy atom. The van der Waals surface area contributed by atoms with E-state index in [0.29, 0.717) is 22.2 Å². The highest BCUT2D eigenvalue weighted by molar-refractivity contribution is 7.15. The molecule has 2 aromatic rings. The molecule has 0 fully saturated rings. The molecule has 0 unspecified atom stereocenters. The molecule has 0 saturated heterocycles. The number of amides is 1. The summed E-state index contributed by atoms with van der Waals surface area (Å²) < 4.78 is 5.46. The summed E-state index contributed by atoms with van der Waals surface area (Å²) in [5.74, 6) is 0.337. The highest BCUT2D eigenvalue weighted by Gasteiger charge is 2.11. The van der Waals surface area contributed by atoms with Crippen LogP contribution in [0.1, 0.15) is 45.7 Å². The highest BCUT2D eigenvalue weighted by atomic mass is 32.1. The van der Waals surface area contributed by atoms with Crippen LogP contribution < -0.4 is 10.1 Å². The van der Waals surface area contributed by atoms with Crippen molar-refractivity contribution in [2.75, 3.05) is 0 Å². The van der Waals surface area contributed by atoms with Crippen molar-refractivity contribution in [3.63, 3.8) is 0 Å². The van der Waals surface area contributed by atoms with Gasteiger partial charge in [-0.15, -0.1) is 11.3 Å². The van der Waals surface area contributed by atoms with Crippen LogP contribution in [0.3, 0.4) is 0 Å². The van der Waals surface area contributed by atoms with E-state index in [9.17, 15) is 9.59 Å². The standard InChI is InChI=1S/C16H18N2O3S/c1-10(2)21-15-7-4-12(8-17-15)9-18-16(20)14-6-5-13(22-14)11(3)19/h4-8,10H,9H2,1-3H3,(H,18,20). The second kappa shape index (κ2) is 7.17. The van der Waals surface area contributed by atoms with E-state index in [1.165, 1.54) is 18.3 Å². The van der Waals surface area contributed by atoms with Crippen molar-refractivity contribution in [1.82, 2.24) is 10.3 Å². The molecule has 1 N–H and O–H groups in total. The average Bonchev–Trinajstić information content (AvgIpc) is 2.96. The molecule has 0 aliphatic carbocycles. The summed E-state index contributed by atoms with van der Waals surface area (Å²) in [6.45, 7) is 5.74. The summed E-state index contributed by atoms with van der Waals surface area (Å²) in [6.07, 6.45) is 1.75. The molecule has 5 nitrogen and oxygen atoms in total. The Kier molecular flexibility index (Phi) is 5.27. The SMILES string of the molecule is CC(=O)c1ccc(C(=O)NCc2ccc(OC(C)C)nc2)s1. The molecular weight excluding hydrogens is 300 g/mol. The molecule has 2 heterocycles. The summed E-state index contributed by atoms with van der Waals surface area (Å²) in [4.78, 5) is 28.5. The van der Waals surface area contributed by atoms with Gasteiger partial charge in [0.05, 0.1) is 15.9 Å². The van der Waals surface area contributed by atoms with Gasteiger partial charge in [0.15, 0.2) is 5.78 Å². The molecule has 2 rings (SSSR count). The second-order valence-corrected chi connectivity index (χ2v) is 6.16. The number of pyridine rings is 1. The van der Waals surface area contributed by atoms with Gasteiger partial charge in [-0.05, 0) is 38.5 Å². The third kappa shape index (κ3) is 4.39. The van der Waals surface area contributed by atoms with Gasteiger partial charge >= 0.3 is 0 Å². The second-order valence-electron chi connectivity index (χ2n) is 5.07. The van der Waals surface area contributed by atoms with Crippen LogP contribution in [0.5, 0.6) is 5.88 Å². The molecule has 1 amide bonds. The van der Waals surface area contributed by atoms with Crippen LogP contribution in [0.15, 0.2) is 30.5 Å². The number of Topliss-reactive ketones (excluding diaryl/α,β-unsaturated/α-hetero) is 1. The monoisotopic (exact) mass is 318 g/mol. The topological polar surface area (TPSA) is 68.3 Å². The summed E-state index contributed by atoms with van der Waals surface area (Å²) in [6, 6.07) is 6.97. The molecular formula is C16H18N2O3S. The Morgan fingerprint density at radius 1 is 1.23 bits per heavy atom. The van der Waals surface area contributed by atoms with E-state index in [-0.39, 0.29) is 17.8 Å². The minimum Gasteiger partial charge on any atom is -0.475 e. The Bertz CT molecular complexity index is 662. The van der Waals surface area contributed by atoms with Crippen LogP contribution in [-0.2, 0) is 6.54 Å². The van der Waals surface area contributed by atoms with E-state index >= 15 is 0 Å². The lowest BCUT2D eigenvalue weighted by Crippen LogP contribution is -2.21. The Hall–Kier alpha value is -2.21. The number of carbonyl (C=O) groups is 2. The Morgan fingerprint density at radius 3 is 2.50 bits per heavy atom. The lowest BCUT2D eigenvalue weighted by atomic mass is 10.3. The van der Waals surface area contributed by atoms with Gasteiger partial charge in [0.2, 0.25) is 5.88 Å². The average molecular weight is 318 g/mol. The summed E-state index contributed by atoms with van der Waals surface area (Å²) in [5.41, 5.74) is 0.882. The number of thiophene rings is 1. The third-order valence-corrected chi connectivity index (χ3v) is 3.97. The molecule has 0 aliphatic heterocycles. The molecule has 2 aromatic heterocycles. The molecule has 0 aliphatic rings. The first-order chi connectivity index (χ1) is 10.5. The first-order valence-electron chi connectivity index (χ1n) is 6.96. The van der Waals surface area contributed by atoms with Gasteiger partial charge in [-0.1, -0.05) is 6.07 Å². The maximum atomic E-state index is 12.0. The van der Waals surface area contributed by atoms with Crippen LogP contribution in [0.4, 0.5) is 0 Å². The van der Waals surface area contributed by atoms with Gasteiger partial charge in [0, 0.05) is 18.8 Å². The number of aromatic nitrogens is 1. The van der Waals surface area contributed by atoms with Crippen LogP contribution >= 0.6 is 11.3 Å². The zero-order chi connectivity index (χ0) is 16.1. The van der Waals surface area contributed by atoms with Gasteiger partial charge in [0.25, 0.3) is 5.91 Å². The Balaban J connectivity index is 1.91. The number of hydrogen-bond donors (Lipinski definition) is 1. The Labute approximate surface area is 133 Å². The van der Waals surface area contributed by atoms with Crippen molar-refractivity contribution in [3.05, 3.63) is 45.8 Å². The van der Waals surface area contributed by atoms with Gasteiger partial charge in [-0.3, -0.25) is 9.59 Å². The number of rotatable bonds is 6. The van der Waals surface area contributed by atoms with Crippen LogP contribution in [-0.4, -0.2) is 22.8 Å². The minimum absolute atomic E-state index is 0.0333. The van der Waals surface area contributed by atoms with E-state index in [1.807, 2.05) is 19.9 Å². The molecule has 0 bridgehead atoms. The van der Waals surface area contributed by atoms with Crippen LogP contribution in [0, 0.1) is 0 Å². The third-order valence-electron chi connectivity index (χ3n) is 2.78. The zero-order valence-corrected chi connectivity index (χ0v) is 13.6. The predicted molar refractivity (Wildman–Crippen MR) is 85.5 cm³/mol. The number of carbonyl (C=O) groups excluding carboxylic acids is 2. The lowest BCUT2D eigenvalue weighted by molar-refractivity contribution is 0.0954. The minimum atomic E-state index is -0.194. The van der Waals surface area contributed by atoms with Crippen LogP contribution in [0.2, 0.25) is 0 Å². The van der Waals surface area contributed by atoms with E-state index in [1.54, 1.807) is 24.4 Å². The largest absolute Gasteiger partial charge is 0.475 e. The summed E-state index contributed by atoms with van der Waals surface area (Å²) in [7, 11) is 0. The maximum Gasteiger partial charge on any atom is 0.261 e. The van der Waals surface area contributed by atoms with Gasteiger partial charge in [-0.2, -0.15) is 0 Å². The molecule has 116 valence electrons. The molecule has 0 saturated carbocycles. The van der Waals surface area contributed by atoms with E-state index in [0.717, 1.165) is 5.56 Å². The van der Waals surface area contributed by atoms with Crippen molar-refractivity contribution in [1.29, 1.82) is 0 Å². The van der Waals surface area contributed by atoms with E-state index in [2.05, 4.69) is 10.3 Å². The molecule has 0 spiro atoms. The number of nitrogens with one attached hydrogen (secondary N) is 1. The van der Waals surface area contributed by atoms with Crippen molar-refractivity contribution < 1.29 is 14.3 Å².